The molecule has 3 aliphatic rings. The van der Waals surface area contributed by atoms with Gasteiger partial charge in [0.15, 0.2) is 17.3 Å². The second-order valence-corrected chi connectivity index (χ2v) is 14.4. The van der Waals surface area contributed by atoms with E-state index in [9.17, 15) is 19.5 Å². The number of halogens is 1. The molecule has 1 saturated carbocycles. The second-order valence-electron chi connectivity index (χ2n) is 14.4. The van der Waals surface area contributed by atoms with Gasteiger partial charge in [-0.2, -0.15) is 4.98 Å². The molecule has 2 aromatic heterocycles. The van der Waals surface area contributed by atoms with Crippen molar-refractivity contribution in [1.82, 2.24) is 19.4 Å². The minimum atomic E-state index is -1.38. The van der Waals surface area contributed by atoms with Crippen molar-refractivity contribution in [1.29, 1.82) is 0 Å². The van der Waals surface area contributed by atoms with Gasteiger partial charge in [0.2, 0.25) is 11.2 Å². The van der Waals surface area contributed by atoms with Crippen LogP contribution in [-0.2, 0) is 11.2 Å². The Morgan fingerprint density at radius 2 is 1.68 bits per heavy atom. The number of carboxylic acids is 1. The molecular formula is C41H41FN8O7. The first-order chi connectivity index (χ1) is 27.5. The number of nitrogens with two attached hydrogens (primary N) is 1. The summed E-state index contributed by atoms with van der Waals surface area (Å²) in [5.41, 5.74) is 9.74. The zero-order valence-electron chi connectivity index (χ0n) is 31.9. The Morgan fingerprint density at radius 3 is 2.32 bits per heavy atom. The van der Waals surface area contributed by atoms with E-state index in [1.165, 1.54) is 13.3 Å². The summed E-state index contributed by atoms with van der Waals surface area (Å²) in [6.45, 7) is 4.00. The van der Waals surface area contributed by atoms with Crippen molar-refractivity contribution in [3.8, 4) is 17.2 Å². The van der Waals surface area contributed by atoms with Crippen molar-refractivity contribution < 1.29 is 33.3 Å². The summed E-state index contributed by atoms with van der Waals surface area (Å²) in [6.07, 6.45) is 4.98. The minimum Gasteiger partial charge on any atom is -0.493 e. The highest BCUT2D eigenvalue weighted by Crippen LogP contribution is 2.40. The number of hydrogen-bond donors (Lipinski definition) is 2. The average Bonchev–Trinajstić information content (AvgIpc) is 4.02. The summed E-state index contributed by atoms with van der Waals surface area (Å²) in [5, 5.41) is 9.48. The molecule has 0 unspecified atom stereocenters. The summed E-state index contributed by atoms with van der Waals surface area (Å²) < 4.78 is 34.3. The molecule has 5 aromatic rings. The summed E-state index contributed by atoms with van der Waals surface area (Å²) in [6, 6.07) is 12.8. The van der Waals surface area contributed by atoms with Crippen molar-refractivity contribution in [2.24, 2.45) is 4.99 Å². The van der Waals surface area contributed by atoms with Crippen molar-refractivity contribution in [3.05, 3.63) is 98.7 Å². The van der Waals surface area contributed by atoms with Gasteiger partial charge in [-0.3, -0.25) is 19.4 Å². The van der Waals surface area contributed by atoms with Crippen LogP contribution in [0.1, 0.15) is 51.5 Å². The van der Waals surface area contributed by atoms with E-state index in [-0.39, 0.29) is 47.2 Å². The molecule has 294 valence electrons. The van der Waals surface area contributed by atoms with Crippen LogP contribution in [0.2, 0.25) is 0 Å². The Balaban J connectivity index is 0.998. The van der Waals surface area contributed by atoms with Crippen LogP contribution < -0.4 is 35.2 Å². The second kappa shape index (κ2) is 14.8. The first-order valence-electron chi connectivity index (χ1n) is 18.5. The Hall–Kier alpha value is -6.55. The Labute approximate surface area is 326 Å². The molecule has 2 aliphatic heterocycles. The molecule has 0 bridgehead atoms. The fourth-order valence-corrected chi connectivity index (χ4v) is 7.60. The molecular weight excluding hydrogens is 735 g/mol. The molecule has 3 N–H and O–H groups in total. The van der Waals surface area contributed by atoms with Crippen LogP contribution in [-0.4, -0.2) is 96.3 Å². The zero-order chi connectivity index (χ0) is 40.1. The Morgan fingerprint density at radius 1 is 0.982 bits per heavy atom. The highest BCUT2D eigenvalue weighted by atomic mass is 19.1. The van der Waals surface area contributed by atoms with E-state index >= 15 is 4.39 Å². The lowest BCUT2D eigenvalue weighted by molar-refractivity contribution is -0.112. The van der Waals surface area contributed by atoms with Crippen LogP contribution in [0.3, 0.4) is 0 Å². The monoisotopic (exact) mass is 776 g/mol. The number of methoxy groups -OCH3 is 3. The molecule has 1 saturated heterocycles. The minimum absolute atomic E-state index is 0.0455. The smallest absolute Gasteiger partial charge is 0.341 e. The molecule has 0 radical (unpaired) electrons. The quantitative estimate of drug-likeness (QED) is 0.189. The molecule has 2 fully saturated rings. The lowest BCUT2D eigenvalue weighted by Gasteiger charge is -2.38. The maximum atomic E-state index is 16.2. The molecule has 1 aliphatic carbocycles. The SMILES string of the molecule is COc1cc(Cc2cnc(/N=C3\C(=O)N(CN4CCN(c5ccc6c(c5F)c(=O)c(C(=O)O)cn6C5CC5)CC4)c4ccc(C)cc43)nc2N)cc(OC)c1OC. The average molecular weight is 777 g/mol. The van der Waals surface area contributed by atoms with E-state index < -0.39 is 22.8 Å². The first-order valence-corrected chi connectivity index (χ1v) is 18.5. The molecule has 3 aromatic carbocycles. The molecule has 8 rings (SSSR count). The summed E-state index contributed by atoms with van der Waals surface area (Å²) >= 11 is 0. The highest BCUT2D eigenvalue weighted by molar-refractivity contribution is 6.54. The number of ether oxygens (including phenoxy) is 3. The molecule has 4 heterocycles. The topological polar surface area (TPSA) is 178 Å². The van der Waals surface area contributed by atoms with E-state index in [1.54, 1.807) is 42.0 Å². The molecule has 16 heteroatoms. The van der Waals surface area contributed by atoms with Crippen LogP contribution in [0.25, 0.3) is 10.9 Å². The summed E-state index contributed by atoms with van der Waals surface area (Å²) in [4.78, 5) is 58.3. The fourth-order valence-electron chi connectivity index (χ4n) is 7.60. The van der Waals surface area contributed by atoms with E-state index in [1.807, 2.05) is 42.2 Å². The number of aromatic carboxylic acids is 1. The number of aliphatic imine (C=N–C) groups is 1. The summed E-state index contributed by atoms with van der Waals surface area (Å²) in [7, 11) is 4.63. The third-order valence-corrected chi connectivity index (χ3v) is 10.7. The predicted molar refractivity (Wildman–Crippen MR) is 212 cm³/mol. The van der Waals surface area contributed by atoms with Gasteiger partial charge in [0.05, 0.1) is 50.3 Å². The molecule has 0 spiro atoms. The van der Waals surface area contributed by atoms with Gasteiger partial charge in [0.25, 0.3) is 11.9 Å². The van der Waals surface area contributed by atoms with Gasteiger partial charge in [-0.05, 0) is 61.7 Å². The van der Waals surface area contributed by atoms with Gasteiger partial charge in [-0.25, -0.2) is 19.2 Å². The zero-order valence-corrected chi connectivity index (χ0v) is 31.9. The Kier molecular flexibility index (Phi) is 9.73. The third kappa shape index (κ3) is 6.85. The summed E-state index contributed by atoms with van der Waals surface area (Å²) in [5.74, 6) is -0.676. The lowest BCUT2D eigenvalue weighted by Crippen LogP contribution is -2.51. The van der Waals surface area contributed by atoms with Gasteiger partial charge in [0, 0.05) is 62.2 Å². The van der Waals surface area contributed by atoms with Gasteiger partial charge in [-0.1, -0.05) is 11.6 Å². The number of nitrogens with zero attached hydrogens (tertiary/aromatic N) is 7. The fraction of sp³-hybridized carbons (Fsp3) is 0.317. The Bertz CT molecular complexity index is 2520. The number of carbonyl (C=O) groups excluding carboxylic acids is 1. The molecule has 1 amide bonds. The number of fused-ring (bicyclic) bond motifs is 2. The molecule has 0 atom stereocenters. The van der Waals surface area contributed by atoms with Gasteiger partial charge in [0.1, 0.15) is 17.1 Å². The van der Waals surface area contributed by atoms with Crippen molar-refractivity contribution in [2.75, 3.05) is 69.7 Å². The predicted octanol–water partition coefficient (Wildman–Crippen LogP) is 4.72. The van der Waals surface area contributed by atoms with Crippen molar-refractivity contribution in [2.45, 2.75) is 32.2 Å². The normalized spacial score (nSPS) is 16.4. The van der Waals surface area contributed by atoms with Crippen LogP contribution >= 0.6 is 0 Å². The number of piperazine rings is 1. The maximum absolute atomic E-state index is 16.2. The standard InChI is InChI=1S/C41H41FN8O7/c1-22-5-8-28-26(15-22)35(45-41-44-19-24(38(43)46-41)16-23-17-31(55-2)37(57-4)32(18-23)56-3)39(52)50(28)21-47-11-13-48(14-12-47)30-10-9-29-33(34(30)42)36(51)27(40(53)54)20-49(29)25-6-7-25/h5,8-10,15,17-20,25H,6-7,11-14,16,21H2,1-4H3,(H,53,54)(H2,43,44,46)/b45-35-. The van der Waals surface area contributed by atoms with E-state index in [2.05, 4.69) is 19.9 Å². The number of rotatable bonds is 11. The number of anilines is 3. The van der Waals surface area contributed by atoms with Crippen molar-refractivity contribution in [3.63, 3.8) is 0 Å². The number of amides is 1. The number of carboxylic acid groups (broad SMARTS) is 1. The lowest BCUT2D eigenvalue weighted by atomic mass is 10.1. The number of benzene rings is 3. The number of nitrogen functional groups attached to an aromatic ring is 1. The highest BCUT2D eigenvalue weighted by Gasteiger charge is 2.36. The number of hydrogen-bond acceptors (Lipinski definition) is 12. The van der Waals surface area contributed by atoms with Crippen LogP contribution in [0, 0.1) is 12.7 Å². The van der Waals surface area contributed by atoms with Gasteiger partial charge in [-0.15, -0.1) is 0 Å². The maximum Gasteiger partial charge on any atom is 0.341 e. The van der Waals surface area contributed by atoms with Crippen LogP contribution in [0.15, 0.2) is 64.6 Å². The van der Waals surface area contributed by atoms with Crippen LogP contribution in [0.5, 0.6) is 17.2 Å². The number of carbonyl (C=O) groups is 2. The number of pyridine rings is 1. The van der Waals surface area contributed by atoms with Crippen molar-refractivity contribution >= 4 is 51.6 Å². The van der Waals surface area contributed by atoms with E-state index in [0.29, 0.717) is 72.2 Å². The number of aromatic nitrogens is 3. The van der Waals surface area contributed by atoms with Gasteiger partial charge < -0.3 is 34.5 Å². The van der Waals surface area contributed by atoms with Crippen LogP contribution in [0.4, 0.5) is 27.5 Å². The molecule has 57 heavy (non-hydrogen) atoms. The van der Waals surface area contributed by atoms with E-state index in [0.717, 1.165) is 24.0 Å². The van der Waals surface area contributed by atoms with Gasteiger partial charge >= 0.3 is 5.97 Å². The first kappa shape index (κ1) is 37.4. The number of aryl methyl sites for hydroxylation is 1. The molecule has 15 nitrogen and oxygen atoms in total. The van der Waals surface area contributed by atoms with E-state index in [4.69, 9.17) is 19.9 Å². The third-order valence-electron chi connectivity index (χ3n) is 10.7. The largest absolute Gasteiger partial charge is 0.493 e.